The predicted octanol–water partition coefficient (Wildman–Crippen LogP) is 9.62. The lowest BCUT2D eigenvalue weighted by Gasteiger charge is -2.35. The van der Waals surface area contributed by atoms with Crippen molar-refractivity contribution < 1.29 is 18.5 Å². The first-order valence-electron chi connectivity index (χ1n) is 14.7. The third-order valence-corrected chi connectivity index (χ3v) is 9.18. The number of nitrogens with zero attached hydrogens (tertiary/aromatic N) is 1. The van der Waals surface area contributed by atoms with Crippen molar-refractivity contribution in [2.24, 2.45) is 0 Å². The minimum atomic E-state index is -3.55. The highest BCUT2D eigenvalue weighted by atomic mass is 31.2. The van der Waals surface area contributed by atoms with Crippen LogP contribution in [0.3, 0.4) is 0 Å². The molecule has 0 aromatic heterocycles. The molecule has 0 aromatic carbocycles. The van der Waals surface area contributed by atoms with E-state index in [4.69, 9.17) is 4.52 Å². The second kappa shape index (κ2) is 22.1. The summed E-state index contributed by atoms with van der Waals surface area (Å²) in [6, 6.07) is 0. The number of hydrogen-bond donors (Lipinski definition) is 1. The molecule has 5 heteroatoms. The van der Waals surface area contributed by atoms with Gasteiger partial charge in [-0.3, -0.25) is 4.57 Å². The third-order valence-electron chi connectivity index (χ3n) is 6.82. The Kier molecular flexibility index (Phi) is 22.0. The first kappa shape index (κ1) is 33.8. The Balaban J connectivity index is 3.40. The fourth-order valence-electron chi connectivity index (χ4n) is 4.73. The molecule has 0 fully saturated rings. The largest absolute Gasteiger partial charge is 0.385 e. The summed E-state index contributed by atoms with van der Waals surface area (Å²) in [5.74, 6) is -0.349. The van der Waals surface area contributed by atoms with Crippen molar-refractivity contribution >= 4 is 7.60 Å². The molecule has 0 saturated heterocycles. The standard InChI is InChI=1S/C29H60NO3P/c1-6-8-9-10-11-12-13-14-15-16-17-18-19-20-21-22-23-24-25-26-27-28-33-34(31,32)29(7-2)30(3,4)5/h15-16,29H,6-14,17-28H2,1-5H3/p+1/b16-15-. The van der Waals surface area contributed by atoms with E-state index in [9.17, 15) is 9.46 Å². The van der Waals surface area contributed by atoms with E-state index < -0.39 is 7.60 Å². The van der Waals surface area contributed by atoms with Gasteiger partial charge in [0.2, 0.25) is 0 Å². The zero-order valence-electron chi connectivity index (χ0n) is 23.7. The molecule has 4 nitrogen and oxygen atoms in total. The summed E-state index contributed by atoms with van der Waals surface area (Å²) < 4.78 is 18.4. The molecule has 0 radical (unpaired) electrons. The molecule has 2 unspecified atom stereocenters. The lowest BCUT2D eigenvalue weighted by atomic mass is 10.1. The molecule has 0 rings (SSSR count). The minimum Gasteiger partial charge on any atom is -0.320 e. The van der Waals surface area contributed by atoms with Crippen LogP contribution in [-0.4, -0.2) is 42.9 Å². The van der Waals surface area contributed by atoms with E-state index in [0.717, 1.165) is 12.8 Å². The van der Waals surface area contributed by atoms with Gasteiger partial charge in [-0.05, 0) is 32.1 Å². The van der Waals surface area contributed by atoms with Crippen molar-refractivity contribution in [3.05, 3.63) is 12.2 Å². The van der Waals surface area contributed by atoms with Crippen molar-refractivity contribution in [3.63, 3.8) is 0 Å². The molecule has 0 saturated carbocycles. The maximum Gasteiger partial charge on any atom is 0.385 e. The normalized spacial score (nSPS) is 15.1. The van der Waals surface area contributed by atoms with Gasteiger partial charge in [-0.15, -0.1) is 0 Å². The lowest BCUT2D eigenvalue weighted by molar-refractivity contribution is -0.883. The first-order chi connectivity index (χ1) is 16.3. The molecular formula is C29H61NO3P+. The Labute approximate surface area is 214 Å². The molecule has 0 aliphatic rings. The van der Waals surface area contributed by atoms with Crippen LogP contribution in [0.15, 0.2) is 12.2 Å². The van der Waals surface area contributed by atoms with E-state index in [0.29, 0.717) is 17.5 Å². The van der Waals surface area contributed by atoms with Crippen molar-refractivity contribution in [3.8, 4) is 0 Å². The minimum absolute atomic E-state index is 0.349. The molecule has 1 N–H and O–H groups in total. The highest BCUT2D eigenvalue weighted by Gasteiger charge is 2.41. The van der Waals surface area contributed by atoms with Gasteiger partial charge in [-0.25, -0.2) is 0 Å². The van der Waals surface area contributed by atoms with Gasteiger partial charge in [0.15, 0.2) is 5.78 Å². The summed E-state index contributed by atoms with van der Waals surface area (Å²) >= 11 is 0. The Morgan fingerprint density at radius 1 is 0.676 bits per heavy atom. The van der Waals surface area contributed by atoms with Crippen LogP contribution in [0.5, 0.6) is 0 Å². The summed E-state index contributed by atoms with van der Waals surface area (Å²) in [6.07, 6.45) is 30.3. The van der Waals surface area contributed by atoms with Crippen LogP contribution in [0, 0.1) is 0 Å². The van der Waals surface area contributed by atoms with Gasteiger partial charge in [0.25, 0.3) is 0 Å². The zero-order chi connectivity index (χ0) is 25.5. The summed E-state index contributed by atoms with van der Waals surface area (Å²) in [7, 11) is 2.31. The smallest absolute Gasteiger partial charge is 0.320 e. The number of quaternary nitrogens is 1. The van der Waals surface area contributed by atoms with E-state index in [2.05, 4.69) is 19.1 Å². The predicted molar refractivity (Wildman–Crippen MR) is 150 cm³/mol. The summed E-state index contributed by atoms with van der Waals surface area (Å²) in [5.41, 5.74) is 0. The van der Waals surface area contributed by atoms with E-state index in [1.165, 1.54) is 109 Å². The fourth-order valence-corrected chi connectivity index (χ4v) is 6.63. The number of unbranched alkanes of at least 4 members (excludes halogenated alkanes) is 17. The second-order valence-electron chi connectivity index (χ2n) is 11.1. The zero-order valence-corrected chi connectivity index (χ0v) is 24.6. The molecule has 0 aromatic rings. The van der Waals surface area contributed by atoms with Crippen molar-refractivity contribution in [2.45, 2.75) is 148 Å². The molecule has 0 spiro atoms. The van der Waals surface area contributed by atoms with E-state index in [1.807, 2.05) is 28.1 Å². The third kappa shape index (κ3) is 20.1. The van der Waals surface area contributed by atoms with Crippen LogP contribution < -0.4 is 0 Å². The van der Waals surface area contributed by atoms with Crippen molar-refractivity contribution in [1.82, 2.24) is 0 Å². The molecular weight excluding hydrogens is 441 g/mol. The Morgan fingerprint density at radius 2 is 1.06 bits per heavy atom. The topological polar surface area (TPSA) is 46.5 Å². The molecule has 0 heterocycles. The number of allylic oxidation sites excluding steroid dienone is 2. The molecule has 0 aliphatic carbocycles. The maximum absolute atomic E-state index is 12.5. The van der Waals surface area contributed by atoms with Crippen LogP contribution in [-0.2, 0) is 9.09 Å². The number of hydrogen-bond acceptors (Lipinski definition) is 2. The average molecular weight is 503 g/mol. The Morgan fingerprint density at radius 3 is 1.44 bits per heavy atom. The summed E-state index contributed by atoms with van der Waals surface area (Å²) in [4.78, 5) is 10.3. The van der Waals surface area contributed by atoms with Gasteiger partial charge >= 0.3 is 7.60 Å². The van der Waals surface area contributed by atoms with Crippen LogP contribution in [0.1, 0.15) is 142 Å². The molecule has 0 aliphatic heterocycles. The van der Waals surface area contributed by atoms with E-state index >= 15 is 0 Å². The Hall–Kier alpha value is -0.150. The van der Waals surface area contributed by atoms with Gasteiger partial charge in [0, 0.05) is 6.42 Å². The summed E-state index contributed by atoms with van der Waals surface area (Å²) in [5, 5.41) is 0. The van der Waals surface area contributed by atoms with Crippen LogP contribution >= 0.6 is 7.60 Å². The van der Waals surface area contributed by atoms with Gasteiger partial charge in [0.05, 0.1) is 27.7 Å². The number of rotatable bonds is 25. The van der Waals surface area contributed by atoms with Crippen LogP contribution in [0.2, 0.25) is 0 Å². The van der Waals surface area contributed by atoms with E-state index in [1.54, 1.807) is 0 Å². The van der Waals surface area contributed by atoms with Crippen LogP contribution in [0.25, 0.3) is 0 Å². The molecule has 0 amide bonds. The SMILES string of the molecule is CCCCCCCCC/C=C\CCCCCCCCCCCCOP(=O)(O)C(CC)[N+](C)(C)C. The van der Waals surface area contributed by atoms with Gasteiger partial charge in [-0.2, -0.15) is 0 Å². The highest BCUT2D eigenvalue weighted by Crippen LogP contribution is 2.51. The monoisotopic (exact) mass is 502 g/mol. The molecule has 204 valence electrons. The highest BCUT2D eigenvalue weighted by molar-refractivity contribution is 7.53. The van der Waals surface area contributed by atoms with E-state index in [-0.39, 0.29) is 5.78 Å². The molecule has 0 bridgehead atoms. The van der Waals surface area contributed by atoms with Crippen molar-refractivity contribution in [2.75, 3.05) is 27.7 Å². The first-order valence-corrected chi connectivity index (χ1v) is 16.3. The molecule has 2 atom stereocenters. The van der Waals surface area contributed by atoms with Gasteiger partial charge < -0.3 is 13.9 Å². The lowest BCUT2D eigenvalue weighted by Crippen LogP contribution is -2.44. The van der Waals surface area contributed by atoms with Gasteiger partial charge in [0.1, 0.15) is 0 Å². The maximum atomic E-state index is 12.5. The van der Waals surface area contributed by atoms with Crippen LogP contribution in [0.4, 0.5) is 0 Å². The van der Waals surface area contributed by atoms with Crippen molar-refractivity contribution in [1.29, 1.82) is 0 Å². The second-order valence-corrected chi connectivity index (χ2v) is 13.1. The molecule has 34 heavy (non-hydrogen) atoms. The Bertz CT molecular complexity index is 516. The van der Waals surface area contributed by atoms with Gasteiger partial charge in [-0.1, -0.05) is 116 Å². The quantitative estimate of drug-likeness (QED) is 0.0585. The fraction of sp³-hybridized carbons (Fsp3) is 0.931. The average Bonchev–Trinajstić information content (AvgIpc) is 2.76. The summed E-state index contributed by atoms with van der Waals surface area (Å²) in [6.45, 7) is 4.64.